The lowest BCUT2D eigenvalue weighted by atomic mass is 10.2. The van der Waals surface area contributed by atoms with Crippen molar-refractivity contribution in [1.29, 1.82) is 0 Å². The standard InChI is InChI=1S/C9H15N.C3H8.C3H4.C2H6/c1-2-3-8-4-5-9(10-8)6-7-9;2*1-3-2;1-2/h3,10H,2,4-7H2,1H3;3H2,1-2H3;1H,2H3;1-2H3/b8-3-;;;. The van der Waals surface area contributed by atoms with Crippen molar-refractivity contribution in [2.45, 2.75) is 85.6 Å². The lowest BCUT2D eigenvalue weighted by Gasteiger charge is -2.05. The van der Waals surface area contributed by atoms with Crippen LogP contribution in [0.2, 0.25) is 0 Å². The average Bonchev–Trinajstić information content (AvgIpc) is 2.99. The van der Waals surface area contributed by atoms with Gasteiger partial charge in [0.2, 0.25) is 0 Å². The Morgan fingerprint density at radius 2 is 1.67 bits per heavy atom. The van der Waals surface area contributed by atoms with Gasteiger partial charge in [-0.25, -0.2) is 0 Å². The van der Waals surface area contributed by atoms with E-state index in [1.54, 1.807) is 6.92 Å². The molecule has 1 N–H and O–H groups in total. The molecule has 0 amide bonds. The molecule has 0 bridgehead atoms. The smallest absolute Gasteiger partial charge is 0.0376 e. The molecule has 1 saturated carbocycles. The number of hydrogen-bond donors (Lipinski definition) is 1. The monoisotopic (exact) mass is 251 g/mol. The summed E-state index contributed by atoms with van der Waals surface area (Å²) in [6.45, 7) is 12.1. The van der Waals surface area contributed by atoms with Crippen LogP contribution in [0.3, 0.4) is 0 Å². The molecule has 1 nitrogen and oxygen atoms in total. The Morgan fingerprint density at radius 1 is 1.22 bits per heavy atom. The molecule has 0 radical (unpaired) electrons. The molecule has 2 aliphatic rings. The summed E-state index contributed by atoms with van der Waals surface area (Å²) in [4.78, 5) is 0. The van der Waals surface area contributed by atoms with Crippen molar-refractivity contribution in [1.82, 2.24) is 5.32 Å². The van der Waals surface area contributed by atoms with Crippen molar-refractivity contribution in [3.8, 4) is 12.3 Å². The molecule has 1 heterocycles. The van der Waals surface area contributed by atoms with Gasteiger partial charge in [-0.2, -0.15) is 0 Å². The number of rotatable bonds is 1. The molecule has 1 aliphatic carbocycles. The van der Waals surface area contributed by atoms with Gasteiger partial charge in [-0.15, -0.1) is 12.3 Å². The Kier molecular flexibility index (Phi) is 13.6. The predicted molar refractivity (Wildman–Crippen MR) is 84.5 cm³/mol. The predicted octanol–water partition coefficient (Wildman–Crippen LogP) is 5.28. The largest absolute Gasteiger partial charge is 0.383 e. The van der Waals surface area contributed by atoms with Crippen LogP contribution in [0.25, 0.3) is 0 Å². The van der Waals surface area contributed by atoms with Crippen molar-refractivity contribution in [2.75, 3.05) is 0 Å². The normalized spacial score (nSPS) is 19.1. The summed E-state index contributed by atoms with van der Waals surface area (Å²) in [7, 11) is 0. The average molecular weight is 251 g/mol. The Bertz CT molecular complexity index is 241. The van der Waals surface area contributed by atoms with Gasteiger partial charge >= 0.3 is 0 Å². The van der Waals surface area contributed by atoms with Crippen LogP contribution in [0.5, 0.6) is 0 Å². The van der Waals surface area contributed by atoms with Crippen LogP contribution in [0, 0.1) is 12.3 Å². The van der Waals surface area contributed by atoms with E-state index in [1.165, 1.54) is 44.2 Å². The zero-order valence-corrected chi connectivity index (χ0v) is 13.4. The van der Waals surface area contributed by atoms with Crippen LogP contribution in [-0.4, -0.2) is 5.54 Å². The fraction of sp³-hybridized carbons (Fsp3) is 0.765. The van der Waals surface area contributed by atoms with Gasteiger partial charge in [0.1, 0.15) is 0 Å². The van der Waals surface area contributed by atoms with Gasteiger partial charge < -0.3 is 5.32 Å². The first-order chi connectivity index (χ1) is 8.67. The zero-order chi connectivity index (χ0) is 14.4. The molecule has 0 aromatic carbocycles. The number of hydrogen-bond acceptors (Lipinski definition) is 1. The minimum Gasteiger partial charge on any atom is -0.383 e. The third-order valence-corrected chi connectivity index (χ3v) is 2.60. The molecule has 0 atom stereocenters. The van der Waals surface area contributed by atoms with Gasteiger partial charge in [0.25, 0.3) is 0 Å². The quantitative estimate of drug-likeness (QED) is 0.625. The maximum absolute atomic E-state index is 4.60. The molecule has 2 fully saturated rings. The topological polar surface area (TPSA) is 12.0 Å². The fourth-order valence-electron chi connectivity index (χ4n) is 1.76. The van der Waals surface area contributed by atoms with Gasteiger partial charge in [-0.05, 0) is 39.0 Å². The van der Waals surface area contributed by atoms with E-state index in [0.29, 0.717) is 5.54 Å². The van der Waals surface area contributed by atoms with Gasteiger partial charge in [-0.1, -0.05) is 47.1 Å². The maximum Gasteiger partial charge on any atom is 0.0376 e. The first-order valence-corrected chi connectivity index (χ1v) is 7.52. The third-order valence-electron chi connectivity index (χ3n) is 2.60. The van der Waals surface area contributed by atoms with Crippen LogP contribution < -0.4 is 5.32 Å². The van der Waals surface area contributed by atoms with Crippen LogP contribution >= 0.6 is 0 Å². The highest BCUT2D eigenvalue weighted by Crippen LogP contribution is 2.45. The van der Waals surface area contributed by atoms with Crippen molar-refractivity contribution < 1.29 is 0 Å². The Hall–Kier alpha value is -0.900. The van der Waals surface area contributed by atoms with E-state index in [4.69, 9.17) is 0 Å². The molecule has 18 heavy (non-hydrogen) atoms. The van der Waals surface area contributed by atoms with E-state index in [-0.39, 0.29) is 0 Å². The van der Waals surface area contributed by atoms with Crippen LogP contribution in [0.15, 0.2) is 11.8 Å². The molecule has 1 heteroatoms. The van der Waals surface area contributed by atoms with E-state index in [0.717, 1.165) is 0 Å². The molecule has 1 aliphatic heterocycles. The molecule has 0 unspecified atom stereocenters. The van der Waals surface area contributed by atoms with Crippen molar-refractivity contribution in [3.05, 3.63) is 11.8 Å². The highest BCUT2D eigenvalue weighted by molar-refractivity contribution is 5.19. The summed E-state index contributed by atoms with van der Waals surface area (Å²) in [6.07, 6.45) is 14.9. The third kappa shape index (κ3) is 9.16. The molecule has 2 rings (SSSR count). The van der Waals surface area contributed by atoms with E-state index in [2.05, 4.69) is 44.5 Å². The van der Waals surface area contributed by atoms with E-state index >= 15 is 0 Å². The molecule has 1 saturated heterocycles. The summed E-state index contributed by atoms with van der Waals surface area (Å²) in [5, 5.41) is 3.60. The minimum absolute atomic E-state index is 0.598. The highest BCUT2D eigenvalue weighted by atomic mass is 15.1. The van der Waals surface area contributed by atoms with Crippen LogP contribution in [0.4, 0.5) is 0 Å². The van der Waals surface area contributed by atoms with Crippen LogP contribution in [-0.2, 0) is 0 Å². The van der Waals surface area contributed by atoms with E-state index < -0.39 is 0 Å². The van der Waals surface area contributed by atoms with Crippen molar-refractivity contribution in [3.63, 3.8) is 0 Å². The van der Waals surface area contributed by atoms with E-state index in [9.17, 15) is 0 Å². The van der Waals surface area contributed by atoms with Crippen molar-refractivity contribution in [2.24, 2.45) is 0 Å². The lowest BCUT2D eigenvalue weighted by Crippen LogP contribution is -2.21. The second-order valence-corrected chi connectivity index (χ2v) is 4.54. The summed E-state index contributed by atoms with van der Waals surface area (Å²) >= 11 is 0. The zero-order valence-electron chi connectivity index (χ0n) is 13.4. The maximum atomic E-state index is 4.60. The number of terminal acetylenes is 1. The molecule has 1 spiro atoms. The minimum atomic E-state index is 0.598. The summed E-state index contributed by atoms with van der Waals surface area (Å²) in [6, 6.07) is 0. The molecular weight excluding hydrogens is 218 g/mol. The highest BCUT2D eigenvalue weighted by Gasteiger charge is 2.45. The SMILES string of the molecule is C#CC.CC.CC/C=C1/CCC2(CC2)N1.CCC. The van der Waals surface area contributed by atoms with Crippen LogP contribution in [0.1, 0.15) is 80.1 Å². The van der Waals surface area contributed by atoms with Gasteiger partial charge in [-0.3, -0.25) is 0 Å². The second kappa shape index (κ2) is 12.6. The lowest BCUT2D eigenvalue weighted by molar-refractivity contribution is 0.615. The van der Waals surface area contributed by atoms with Gasteiger partial charge in [0.15, 0.2) is 0 Å². The molecular formula is C17H33N. The van der Waals surface area contributed by atoms with Crippen molar-refractivity contribution >= 4 is 0 Å². The first kappa shape index (κ1) is 19.4. The summed E-state index contributed by atoms with van der Waals surface area (Å²) in [5.74, 6) is 2.25. The summed E-state index contributed by atoms with van der Waals surface area (Å²) < 4.78 is 0. The van der Waals surface area contributed by atoms with Gasteiger partial charge in [0.05, 0.1) is 0 Å². The van der Waals surface area contributed by atoms with Gasteiger partial charge in [0, 0.05) is 11.2 Å². The fourth-order valence-corrected chi connectivity index (χ4v) is 1.76. The second-order valence-electron chi connectivity index (χ2n) is 4.54. The Balaban J connectivity index is 0. The molecule has 0 aromatic heterocycles. The number of allylic oxidation sites excluding steroid dienone is 2. The van der Waals surface area contributed by atoms with E-state index in [1.807, 2.05) is 13.8 Å². The number of nitrogens with one attached hydrogen (secondary N) is 1. The molecule has 106 valence electrons. The Labute approximate surface area is 115 Å². The Morgan fingerprint density at radius 3 is 1.94 bits per heavy atom. The molecule has 0 aromatic rings. The first-order valence-electron chi connectivity index (χ1n) is 7.52. The summed E-state index contributed by atoms with van der Waals surface area (Å²) in [5.41, 5.74) is 2.10.